The van der Waals surface area contributed by atoms with Crippen molar-refractivity contribution in [1.29, 1.82) is 0 Å². The van der Waals surface area contributed by atoms with Gasteiger partial charge in [-0.1, -0.05) is 0 Å². The van der Waals surface area contributed by atoms with Crippen molar-refractivity contribution in [2.75, 3.05) is 30.4 Å². The number of hydrogen-bond acceptors (Lipinski definition) is 6. The predicted octanol–water partition coefficient (Wildman–Crippen LogP) is 3.92. The van der Waals surface area contributed by atoms with Crippen LogP contribution in [-0.4, -0.2) is 36.2 Å². The Morgan fingerprint density at radius 2 is 2.12 bits per heavy atom. The maximum Gasteiger partial charge on any atom is 0.167 e. The highest BCUT2D eigenvalue weighted by Gasteiger charge is 2.21. The third-order valence-corrected chi connectivity index (χ3v) is 5.49. The summed E-state index contributed by atoms with van der Waals surface area (Å²) in [7, 11) is 1.46. The predicted molar refractivity (Wildman–Crippen MR) is 99.2 cm³/mol. The summed E-state index contributed by atoms with van der Waals surface area (Å²) in [5.41, 5.74) is 0.576. The van der Waals surface area contributed by atoms with Gasteiger partial charge < -0.3 is 15.0 Å². The van der Waals surface area contributed by atoms with E-state index >= 15 is 0 Å². The van der Waals surface area contributed by atoms with Gasteiger partial charge in [0.1, 0.15) is 12.1 Å². The maximum atomic E-state index is 13.9. The minimum absolute atomic E-state index is 0.206. The highest BCUT2D eigenvalue weighted by molar-refractivity contribution is 7.14. The monoisotopic (exact) mass is 358 g/mol. The van der Waals surface area contributed by atoms with Crippen LogP contribution in [-0.2, 0) is 0 Å². The van der Waals surface area contributed by atoms with Crippen LogP contribution < -0.4 is 15.0 Å². The molecule has 0 bridgehead atoms. The number of fused-ring (bicyclic) bond motifs is 1. The van der Waals surface area contributed by atoms with E-state index < -0.39 is 5.82 Å². The number of rotatable bonds is 4. The zero-order chi connectivity index (χ0) is 17.2. The van der Waals surface area contributed by atoms with Crippen molar-refractivity contribution in [3.05, 3.63) is 41.8 Å². The lowest BCUT2D eigenvalue weighted by molar-refractivity contribution is 0.387. The largest absolute Gasteiger partial charge is 0.494 e. The van der Waals surface area contributed by atoms with Crippen molar-refractivity contribution in [1.82, 2.24) is 9.97 Å². The van der Waals surface area contributed by atoms with Crippen LogP contribution in [0, 0.1) is 5.82 Å². The van der Waals surface area contributed by atoms with E-state index in [1.54, 1.807) is 17.4 Å². The van der Waals surface area contributed by atoms with E-state index in [1.165, 1.54) is 24.5 Å². The Morgan fingerprint density at radius 3 is 2.84 bits per heavy atom. The second-order valence-corrected chi connectivity index (χ2v) is 7.01. The summed E-state index contributed by atoms with van der Waals surface area (Å²) in [6.45, 7) is 2.03. The Balaban J connectivity index is 1.51. The SMILES string of the molecule is COc1cc2c(NC3CCN(c4cccs4)CC3)ncnc2cc1F. The van der Waals surface area contributed by atoms with E-state index in [9.17, 15) is 4.39 Å². The van der Waals surface area contributed by atoms with Crippen LogP contribution in [0.2, 0.25) is 0 Å². The Morgan fingerprint density at radius 1 is 1.28 bits per heavy atom. The molecule has 0 spiro atoms. The quantitative estimate of drug-likeness (QED) is 0.766. The zero-order valence-electron chi connectivity index (χ0n) is 13.9. The van der Waals surface area contributed by atoms with Crippen LogP contribution in [0.1, 0.15) is 12.8 Å². The summed E-state index contributed by atoms with van der Waals surface area (Å²) in [6.07, 6.45) is 3.53. The molecule has 1 N–H and O–H groups in total. The number of methoxy groups -OCH3 is 1. The Kier molecular flexibility index (Phi) is 4.40. The fourth-order valence-electron chi connectivity index (χ4n) is 3.22. The summed E-state index contributed by atoms with van der Waals surface area (Å²) < 4.78 is 19.0. The minimum atomic E-state index is -0.413. The Labute approximate surface area is 149 Å². The highest BCUT2D eigenvalue weighted by Crippen LogP contribution is 2.29. The number of anilines is 2. The molecule has 25 heavy (non-hydrogen) atoms. The molecular weight excluding hydrogens is 339 g/mol. The molecule has 3 heterocycles. The normalized spacial score (nSPS) is 15.5. The van der Waals surface area contributed by atoms with Crippen molar-refractivity contribution >= 4 is 33.1 Å². The summed E-state index contributed by atoms with van der Waals surface area (Å²) in [4.78, 5) is 10.9. The number of piperidine rings is 1. The molecule has 1 fully saturated rings. The summed E-state index contributed by atoms with van der Waals surface area (Å²) in [5, 5.41) is 7.72. The number of thiophene rings is 1. The third-order valence-electron chi connectivity index (χ3n) is 4.56. The first-order valence-corrected chi connectivity index (χ1v) is 9.16. The maximum absolute atomic E-state index is 13.9. The topological polar surface area (TPSA) is 50.3 Å². The lowest BCUT2D eigenvalue weighted by Gasteiger charge is -2.33. The van der Waals surface area contributed by atoms with E-state index in [2.05, 4.69) is 37.7 Å². The molecule has 0 saturated carbocycles. The van der Waals surface area contributed by atoms with E-state index in [-0.39, 0.29) is 5.75 Å². The summed E-state index contributed by atoms with van der Waals surface area (Å²) >= 11 is 1.78. The van der Waals surface area contributed by atoms with E-state index in [1.807, 2.05) is 0 Å². The van der Waals surface area contributed by atoms with Gasteiger partial charge in [-0.3, -0.25) is 0 Å². The van der Waals surface area contributed by atoms with Gasteiger partial charge in [0.15, 0.2) is 11.6 Å². The molecule has 0 unspecified atom stereocenters. The fraction of sp³-hybridized carbons (Fsp3) is 0.333. The Bertz CT molecular complexity index is 863. The number of hydrogen-bond donors (Lipinski definition) is 1. The average molecular weight is 358 g/mol. The fourth-order valence-corrected chi connectivity index (χ4v) is 4.00. The first-order chi connectivity index (χ1) is 12.2. The molecule has 130 valence electrons. The number of halogens is 1. The molecule has 1 aromatic carbocycles. The van der Waals surface area contributed by atoms with Crippen molar-refractivity contribution in [3.8, 4) is 5.75 Å². The van der Waals surface area contributed by atoms with E-state index in [0.29, 0.717) is 11.6 Å². The second kappa shape index (κ2) is 6.84. The molecular formula is C18H19FN4OS. The van der Waals surface area contributed by atoms with Crippen LogP contribution in [0.5, 0.6) is 5.75 Å². The number of ether oxygens (including phenoxy) is 1. The average Bonchev–Trinajstić information content (AvgIpc) is 3.17. The summed E-state index contributed by atoms with van der Waals surface area (Å²) in [5.74, 6) is 0.527. The molecule has 0 aliphatic carbocycles. The number of aromatic nitrogens is 2. The zero-order valence-corrected chi connectivity index (χ0v) is 14.7. The van der Waals surface area contributed by atoms with Crippen LogP contribution in [0.4, 0.5) is 15.2 Å². The highest BCUT2D eigenvalue weighted by atomic mass is 32.1. The van der Waals surface area contributed by atoms with Crippen molar-refractivity contribution < 1.29 is 9.13 Å². The molecule has 0 atom stereocenters. The molecule has 4 rings (SSSR count). The van der Waals surface area contributed by atoms with Gasteiger partial charge in [0.05, 0.1) is 17.6 Å². The molecule has 7 heteroatoms. The molecule has 0 radical (unpaired) electrons. The van der Waals surface area contributed by atoms with Crippen molar-refractivity contribution in [2.24, 2.45) is 0 Å². The first kappa shape index (κ1) is 16.1. The number of nitrogens with one attached hydrogen (secondary N) is 1. The lowest BCUT2D eigenvalue weighted by atomic mass is 10.0. The van der Waals surface area contributed by atoms with Gasteiger partial charge in [0, 0.05) is 30.6 Å². The van der Waals surface area contributed by atoms with Gasteiger partial charge in [-0.15, -0.1) is 11.3 Å². The molecule has 5 nitrogen and oxygen atoms in total. The second-order valence-electron chi connectivity index (χ2n) is 6.08. The van der Waals surface area contributed by atoms with Gasteiger partial charge in [0.25, 0.3) is 0 Å². The third kappa shape index (κ3) is 3.24. The van der Waals surface area contributed by atoms with E-state index in [4.69, 9.17) is 4.74 Å². The first-order valence-electron chi connectivity index (χ1n) is 8.28. The van der Waals surface area contributed by atoms with E-state index in [0.717, 1.165) is 37.1 Å². The standard InChI is InChI=1S/C18H19FN4OS/c1-24-16-9-13-15(10-14(16)19)20-11-21-18(13)22-12-4-6-23(7-5-12)17-3-2-8-25-17/h2-3,8-12H,4-7H2,1H3,(H,20,21,22). The van der Waals surface area contributed by atoms with Gasteiger partial charge in [0.2, 0.25) is 0 Å². The molecule has 1 aliphatic heterocycles. The molecule has 0 amide bonds. The van der Waals surface area contributed by atoms with Crippen LogP contribution in [0.3, 0.4) is 0 Å². The van der Waals surface area contributed by atoms with Gasteiger partial charge >= 0.3 is 0 Å². The molecule has 2 aromatic heterocycles. The van der Waals surface area contributed by atoms with Crippen molar-refractivity contribution in [3.63, 3.8) is 0 Å². The van der Waals surface area contributed by atoms with Gasteiger partial charge in [-0.05, 0) is 36.4 Å². The van der Waals surface area contributed by atoms with Crippen LogP contribution >= 0.6 is 11.3 Å². The number of nitrogens with zero attached hydrogens (tertiary/aromatic N) is 3. The van der Waals surface area contributed by atoms with Crippen molar-refractivity contribution in [2.45, 2.75) is 18.9 Å². The molecule has 1 aliphatic rings. The van der Waals surface area contributed by atoms with Crippen LogP contribution in [0.15, 0.2) is 36.0 Å². The molecule has 1 saturated heterocycles. The summed E-state index contributed by atoms with van der Waals surface area (Å²) in [6, 6.07) is 7.64. The van der Waals surface area contributed by atoms with Crippen LogP contribution in [0.25, 0.3) is 10.9 Å². The Hall–Kier alpha value is -2.41. The van der Waals surface area contributed by atoms with Gasteiger partial charge in [-0.25, -0.2) is 14.4 Å². The lowest BCUT2D eigenvalue weighted by Crippen LogP contribution is -2.38. The minimum Gasteiger partial charge on any atom is -0.494 e. The van der Waals surface area contributed by atoms with Gasteiger partial charge in [-0.2, -0.15) is 0 Å². The smallest absolute Gasteiger partial charge is 0.167 e. The molecule has 3 aromatic rings. The number of benzene rings is 1.